The Balaban J connectivity index is 3.47. The first-order valence-corrected chi connectivity index (χ1v) is 10.4. The lowest BCUT2D eigenvalue weighted by atomic mass is 10.1. The summed E-state index contributed by atoms with van der Waals surface area (Å²) in [6, 6.07) is 0. The Kier molecular flexibility index (Phi) is 16.5. The minimum atomic E-state index is -0.988. The Morgan fingerprint density at radius 1 is 0.923 bits per heavy atom. The minimum absolute atomic E-state index is 0.00166. The average Bonchev–Trinajstić information content (AvgIpc) is 2.58. The molecule has 1 unspecified atom stereocenters. The minimum Gasteiger partial charge on any atom is -0.480 e. The second kappa shape index (κ2) is 17.3. The molecule has 0 aliphatic heterocycles. The number of aliphatic carboxylic acids is 1. The summed E-state index contributed by atoms with van der Waals surface area (Å²) in [5, 5.41) is 21.1. The van der Waals surface area contributed by atoms with E-state index in [2.05, 4.69) is 12.2 Å². The van der Waals surface area contributed by atoms with Gasteiger partial charge in [-0.25, -0.2) is 0 Å². The fourth-order valence-electron chi connectivity index (χ4n) is 2.95. The third-order valence-electron chi connectivity index (χ3n) is 4.60. The first-order chi connectivity index (χ1) is 12.5. The number of aliphatic hydroxyl groups excluding tert-OH is 1. The summed E-state index contributed by atoms with van der Waals surface area (Å²) >= 11 is 0. The Labute approximate surface area is 159 Å². The van der Waals surface area contributed by atoms with Crippen LogP contribution in [0.4, 0.5) is 0 Å². The lowest BCUT2D eigenvalue weighted by molar-refractivity contribution is -0.141. The molecule has 0 bridgehead atoms. The molecule has 0 aromatic carbocycles. The van der Waals surface area contributed by atoms with Gasteiger partial charge in [0.15, 0.2) is 0 Å². The Morgan fingerprint density at radius 3 is 1.88 bits per heavy atom. The molecular formula is C20H40N2O4. The average molecular weight is 373 g/mol. The summed E-state index contributed by atoms with van der Waals surface area (Å²) in [4.78, 5) is 23.9. The van der Waals surface area contributed by atoms with Crippen molar-refractivity contribution < 1.29 is 19.8 Å². The van der Waals surface area contributed by atoms with Gasteiger partial charge in [0.1, 0.15) is 6.23 Å². The van der Waals surface area contributed by atoms with Crippen LogP contribution in [0.3, 0.4) is 0 Å². The van der Waals surface area contributed by atoms with Crippen molar-refractivity contribution in [2.75, 3.05) is 19.6 Å². The van der Waals surface area contributed by atoms with Crippen LogP contribution >= 0.6 is 0 Å². The molecule has 0 saturated heterocycles. The molecule has 0 fully saturated rings. The van der Waals surface area contributed by atoms with E-state index in [1.807, 2.05) is 0 Å². The number of rotatable bonds is 18. The number of unbranched alkanes of at least 4 members (excludes halogenated alkanes) is 10. The van der Waals surface area contributed by atoms with E-state index in [9.17, 15) is 14.7 Å². The predicted octanol–water partition coefficient (Wildman–Crippen LogP) is 3.53. The van der Waals surface area contributed by atoms with Gasteiger partial charge >= 0.3 is 5.97 Å². The number of hydrogen-bond donors (Lipinski definition) is 3. The monoisotopic (exact) mass is 372 g/mol. The second-order valence-corrected chi connectivity index (χ2v) is 7.13. The number of carboxylic acid groups (broad SMARTS) is 1. The van der Waals surface area contributed by atoms with Crippen LogP contribution in [0.2, 0.25) is 0 Å². The fourth-order valence-corrected chi connectivity index (χ4v) is 2.95. The second-order valence-electron chi connectivity index (χ2n) is 7.13. The smallest absolute Gasteiger partial charge is 0.317 e. The van der Waals surface area contributed by atoms with Crippen LogP contribution in [0.25, 0.3) is 0 Å². The number of carbonyl (C=O) groups excluding carboxylic acids is 1. The molecule has 3 N–H and O–H groups in total. The molecule has 0 spiro atoms. The van der Waals surface area contributed by atoms with Gasteiger partial charge in [0.2, 0.25) is 5.91 Å². The van der Waals surface area contributed by atoms with Gasteiger partial charge in [-0.05, 0) is 13.3 Å². The Hall–Kier alpha value is -1.14. The van der Waals surface area contributed by atoms with Crippen molar-refractivity contribution in [2.24, 2.45) is 0 Å². The van der Waals surface area contributed by atoms with E-state index in [-0.39, 0.29) is 12.5 Å². The molecular weight excluding hydrogens is 332 g/mol. The number of nitrogens with one attached hydrogen (secondary N) is 1. The molecule has 6 heteroatoms. The standard InChI is InChI=1S/C20H40N2O4/c1-3-4-5-6-7-8-9-10-11-12-13-14-19(24)21-15-16-22(18(2)23)17-20(25)26/h18,23H,3-17H2,1-2H3,(H,21,24)(H,25,26). The van der Waals surface area contributed by atoms with E-state index in [0.29, 0.717) is 19.5 Å². The van der Waals surface area contributed by atoms with Gasteiger partial charge in [0, 0.05) is 19.5 Å². The summed E-state index contributed by atoms with van der Waals surface area (Å²) in [5.41, 5.74) is 0. The third kappa shape index (κ3) is 16.3. The van der Waals surface area contributed by atoms with Crippen molar-refractivity contribution in [3.05, 3.63) is 0 Å². The van der Waals surface area contributed by atoms with E-state index in [4.69, 9.17) is 5.11 Å². The van der Waals surface area contributed by atoms with E-state index in [0.717, 1.165) is 12.8 Å². The molecule has 0 saturated carbocycles. The number of aliphatic hydroxyl groups is 1. The Morgan fingerprint density at radius 2 is 1.42 bits per heavy atom. The van der Waals surface area contributed by atoms with Crippen LogP contribution in [-0.2, 0) is 9.59 Å². The fraction of sp³-hybridized carbons (Fsp3) is 0.900. The Bertz CT molecular complexity index is 362. The van der Waals surface area contributed by atoms with Crippen molar-refractivity contribution >= 4 is 11.9 Å². The van der Waals surface area contributed by atoms with Crippen LogP contribution < -0.4 is 5.32 Å². The normalized spacial score (nSPS) is 12.3. The molecule has 1 amide bonds. The molecule has 0 aliphatic rings. The van der Waals surface area contributed by atoms with E-state index in [1.165, 1.54) is 69.6 Å². The number of carboxylic acids is 1. The van der Waals surface area contributed by atoms with Gasteiger partial charge < -0.3 is 15.5 Å². The van der Waals surface area contributed by atoms with Crippen LogP contribution in [0.15, 0.2) is 0 Å². The highest BCUT2D eigenvalue weighted by Crippen LogP contribution is 2.11. The summed E-state index contributed by atoms with van der Waals surface area (Å²) in [6.07, 6.45) is 13.5. The zero-order chi connectivity index (χ0) is 19.6. The summed E-state index contributed by atoms with van der Waals surface area (Å²) in [5.74, 6) is -0.986. The van der Waals surface area contributed by atoms with Gasteiger partial charge in [0.25, 0.3) is 0 Å². The molecule has 0 aliphatic carbocycles. The first kappa shape index (κ1) is 24.9. The zero-order valence-corrected chi connectivity index (χ0v) is 16.8. The molecule has 26 heavy (non-hydrogen) atoms. The van der Waals surface area contributed by atoms with Gasteiger partial charge in [-0.2, -0.15) is 0 Å². The van der Waals surface area contributed by atoms with Crippen LogP contribution in [0.5, 0.6) is 0 Å². The first-order valence-electron chi connectivity index (χ1n) is 10.4. The topological polar surface area (TPSA) is 89.9 Å². The zero-order valence-electron chi connectivity index (χ0n) is 16.8. The number of nitrogens with zero attached hydrogens (tertiary/aromatic N) is 1. The summed E-state index contributed by atoms with van der Waals surface area (Å²) in [6.45, 7) is 4.22. The summed E-state index contributed by atoms with van der Waals surface area (Å²) < 4.78 is 0. The van der Waals surface area contributed by atoms with Gasteiger partial charge in [-0.1, -0.05) is 71.1 Å². The molecule has 0 radical (unpaired) electrons. The lowest BCUT2D eigenvalue weighted by Gasteiger charge is -2.23. The molecule has 0 heterocycles. The van der Waals surface area contributed by atoms with E-state index >= 15 is 0 Å². The van der Waals surface area contributed by atoms with Gasteiger partial charge in [0.05, 0.1) is 6.54 Å². The van der Waals surface area contributed by atoms with Crippen molar-refractivity contribution in [3.8, 4) is 0 Å². The number of carbonyl (C=O) groups is 2. The molecule has 1 atom stereocenters. The SMILES string of the molecule is CCCCCCCCCCCCCC(=O)NCCN(CC(=O)O)C(C)O. The third-order valence-corrected chi connectivity index (χ3v) is 4.60. The maximum atomic E-state index is 11.8. The molecule has 6 nitrogen and oxygen atoms in total. The van der Waals surface area contributed by atoms with Crippen LogP contribution in [-0.4, -0.2) is 52.9 Å². The molecule has 0 aromatic heterocycles. The maximum absolute atomic E-state index is 11.8. The lowest BCUT2D eigenvalue weighted by Crippen LogP contribution is -2.42. The maximum Gasteiger partial charge on any atom is 0.317 e. The van der Waals surface area contributed by atoms with E-state index < -0.39 is 12.2 Å². The highest BCUT2D eigenvalue weighted by atomic mass is 16.4. The van der Waals surface area contributed by atoms with Crippen LogP contribution in [0.1, 0.15) is 90.9 Å². The van der Waals surface area contributed by atoms with E-state index in [1.54, 1.807) is 0 Å². The molecule has 0 aromatic rings. The highest BCUT2D eigenvalue weighted by molar-refractivity contribution is 5.75. The quantitative estimate of drug-likeness (QED) is 0.253. The molecule has 0 rings (SSSR count). The van der Waals surface area contributed by atoms with Crippen molar-refractivity contribution in [3.63, 3.8) is 0 Å². The van der Waals surface area contributed by atoms with Crippen LogP contribution in [0, 0.1) is 0 Å². The number of hydrogen-bond acceptors (Lipinski definition) is 4. The van der Waals surface area contributed by atoms with Gasteiger partial charge in [-0.15, -0.1) is 0 Å². The van der Waals surface area contributed by atoms with Crippen molar-refractivity contribution in [2.45, 2.75) is 97.1 Å². The van der Waals surface area contributed by atoms with Gasteiger partial charge in [-0.3, -0.25) is 14.5 Å². The predicted molar refractivity (Wildman–Crippen MR) is 105 cm³/mol. The van der Waals surface area contributed by atoms with Crippen molar-refractivity contribution in [1.82, 2.24) is 10.2 Å². The summed E-state index contributed by atoms with van der Waals surface area (Å²) in [7, 11) is 0. The number of amides is 1. The van der Waals surface area contributed by atoms with Crippen molar-refractivity contribution in [1.29, 1.82) is 0 Å². The molecule has 154 valence electrons. The largest absolute Gasteiger partial charge is 0.480 e. The highest BCUT2D eigenvalue weighted by Gasteiger charge is 2.14.